The van der Waals surface area contributed by atoms with Crippen LogP contribution < -0.4 is 5.73 Å². The molecule has 16 heavy (non-hydrogen) atoms. The van der Waals surface area contributed by atoms with Crippen molar-refractivity contribution < 1.29 is 13.2 Å². The Bertz CT molecular complexity index is 430. The Kier molecular flexibility index (Phi) is 3.01. The van der Waals surface area contributed by atoms with Crippen LogP contribution in [-0.2, 0) is 6.42 Å². The van der Waals surface area contributed by atoms with Crippen molar-refractivity contribution in [2.75, 3.05) is 0 Å². The molecule has 0 aromatic heterocycles. The fourth-order valence-electron chi connectivity index (χ4n) is 1.60. The second-order valence-electron chi connectivity index (χ2n) is 4.32. The van der Waals surface area contributed by atoms with Crippen molar-refractivity contribution in [1.82, 2.24) is 0 Å². The van der Waals surface area contributed by atoms with E-state index in [1.54, 1.807) is 0 Å². The normalized spacial score (nSPS) is 17.6. The van der Waals surface area contributed by atoms with E-state index in [1.807, 2.05) is 0 Å². The second-order valence-corrected chi connectivity index (χ2v) is 5.18. The van der Waals surface area contributed by atoms with Gasteiger partial charge in [-0.3, -0.25) is 0 Å². The minimum absolute atomic E-state index is 0.0525. The van der Waals surface area contributed by atoms with Crippen molar-refractivity contribution in [2.45, 2.75) is 31.2 Å². The third kappa shape index (κ3) is 2.25. The Labute approximate surface area is 100.0 Å². The van der Waals surface area contributed by atoms with Crippen LogP contribution in [0.2, 0.25) is 0 Å². The van der Waals surface area contributed by atoms with Crippen LogP contribution >= 0.6 is 15.9 Å². The molecule has 2 N–H and O–H groups in total. The lowest BCUT2D eigenvalue weighted by molar-refractivity contribution is 0.435. The number of hydrogen-bond acceptors (Lipinski definition) is 1. The highest BCUT2D eigenvalue weighted by Crippen LogP contribution is 2.37. The monoisotopic (exact) mass is 293 g/mol. The first-order valence-electron chi connectivity index (χ1n) is 5.04. The molecule has 5 heteroatoms. The van der Waals surface area contributed by atoms with E-state index in [4.69, 9.17) is 5.73 Å². The van der Waals surface area contributed by atoms with Gasteiger partial charge in [-0.1, -0.05) is 0 Å². The maximum Gasteiger partial charge on any atom is 0.195 e. The standard InChI is InChI=1S/C11H11BrF3N/c12-7-5-6(1-2-11(16)3-4-11)8(13)10(15)9(7)14/h5H,1-4,16H2. The zero-order valence-corrected chi connectivity index (χ0v) is 10.1. The summed E-state index contributed by atoms with van der Waals surface area (Å²) in [5, 5.41) is 0. The molecule has 1 nitrogen and oxygen atoms in total. The second kappa shape index (κ2) is 4.04. The van der Waals surface area contributed by atoms with Crippen LogP contribution in [0, 0.1) is 17.5 Å². The van der Waals surface area contributed by atoms with Crippen molar-refractivity contribution >= 4 is 15.9 Å². The summed E-state index contributed by atoms with van der Waals surface area (Å²) in [6.07, 6.45) is 2.76. The Morgan fingerprint density at radius 2 is 1.81 bits per heavy atom. The van der Waals surface area contributed by atoms with E-state index in [-0.39, 0.29) is 15.6 Å². The molecule has 2 rings (SSSR count). The summed E-state index contributed by atoms with van der Waals surface area (Å²) in [6.45, 7) is 0. The number of aryl methyl sites for hydroxylation is 1. The molecule has 0 spiro atoms. The van der Waals surface area contributed by atoms with Crippen molar-refractivity contribution in [2.24, 2.45) is 5.73 Å². The SMILES string of the molecule is NC1(CCc2cc(Br)c(F)c(F)c2F)CC1. The first-order chi connectivity index (χ1) is 7.43. The molecule has 1 saturated carbocycles. The van der Waals surface area contributed by atoms with Crippen molar-refractivity contribution in [3.63, 3.8) is 0 Å². The molecule has 0 aliphatic heterocycles. The van der Waals surface area contributed by atoms with Gasteiger partial charge in [-0.05, 0) is 53.2 Å². The highest BCUT2D eigenvalue weighted by molar-refractivity contribution is 9.10. The molecule has 1 aromatic rings. The van der Waals surface area contributed by atoms with Crippen LogP contribution in [0.3, 0.4) is 0 Å². The maximum absolute atomic E-state index is 13.4. The van der Waals surface area contributed by atoms with Gasteiger partial charge in [0.05, 0.1) is 4.47 Å². The molecular formula is C11H11BrF3N. The van der Waals surface area contributed by atoms with E-state index in [1.165, 1.54) is 6.07 Å². The van der Waals surface area contributed by atoms with Gasteiger partial charge in [0.15, 0.2) is 17.5 Å². The fourth-order valence-corrected chi connectivity index (χ4v) is 2.05. The van der Waals surface area contributed by atoms with Crippen LogP contribution in [0.4, 0.5) is 13.2 Å². The summed E-state index contributed by atoms with van der Waals surface area (Å²) in [5.74, 6) is -3.72. The first kappa shape index (κ1) is 11.9. The van der Waals surface area contributed by atoms with Gasteiger partial charge in [-0.15, -0.1) is 0 Å². The molecule has 0 heterocycles. The molecule has 1 aliphatic rings. The predicted molar refractivity (Wildman–Crippen MR) is 58.5 cm³/mol. The summed E-state index contributed by atoms with van der Waals surface area (Å²) in [6, 6.07) is 1.28. The smallest absolute Gasteiger partial charge is 0.195 e. The van der Waals surface area contributed by atoms with Gasteiger partial charge < -0.3 is 5.73 Å². The summed E-state index contributed by atoms with van der Waals surface area (Å²) in [5.41, 5.74) is 5.80. The number of halogens is 4. The zero-order valence-electron chi connectivity index (χ0n) is 8.49. The van der Waals surface area contributed by atoms with Crippen molar-refractivity contribution in [1.29, 1.82) is 0 Å². The third-order valence-electron chi connectivity index (χ3n) is 2.96. The Hall–Kier alpha value is -0.550. The molecule has 0 amide bonds. The minimum atomic E-state index is -1.42. The van der Waals surface area contributed by atoms with Crippen LogP contribution in [0.5, 0.6) is 0 Å². The predicted octanol–water partition coefficient (Wildman–Crippen LogP) is 3.29. The average Bonchev–Trinajstić information content (AvgIpc) is 2.98. The molecule has 1 fully saturated rings. The van der Waals surface area contributed by atoms with Gasteiger partial charge in [-0.2, -0.15) is 0 Å². The van der Waals surface area contributed by atoms with Crippen molar-refractivity contribution in [3.05, 3.63) is 33.6 Å². The average molecular weight is 294 g/mol. The number of rotatable bonds is 3. The van der Waals surface area contributed by atoms with Gasteiger partial charge in [0.1, 0.15) is 0 Å². The van der Waals surface area contributed by atoms with Crippen molar-refractivity contribution in [3.8, 4) is 0 Å². The summed E-state index contributed by atoms with van der Waals surface area (Å²) < 4.78 is 39.4. The zero-order chi connectivity index (χ0) is 11.9. The van der Waals surface area contributed by atoms with E-state index in [2.05, 4.69) is 15.9 Å². The van der Waals surface area contributed by atoms with Gasteiger partial charge >= 0.3 is 0 Å². The fraction of sp³-hybridized carbons (Fsp3) is 0.455. The Morgan fingerprint density at radius 3 is 2.38 bits per heavy atom. The summed E-state index contributed by atoms with van der Waals surface area (Å²) in [4.78, 5) is 0. The molecular weight excluding hydrogens is 283 g/mol. The van der Waals surface area contributed by atoms with E-state index in [0.29, 0.717) is 12.8 Å². The van der Waals surface area contributed by atoms with Crippen LogP contribution in [0.1, 0.15) is 24.8 Å². The molecule has 88 valence electrons. The largest absolute Gasteiger partial charge is 0.325 e. The highest BCUT2D eigenvalue weighted by atomic mass is 79.9. The number of benzene rings is 1. The van der Waals surface area contributed by atoms with Crippen LogP contribution in [0.15, 0.2) is 10.5 Å². The first-order valence-corrected chi connectivity index (χ1v) is 5.83. The van der Waals surface area contributed by atoms with E-state index in [0.717, 1.165) is 12.8 Å². The molecule has 0 atom stereocenters. The minimum Gasteiger partial charge on any atom is -0.325 e. The van der Waals surface area contributed by atoms with E-state index < -0.39 is 17.5 Å². The lowest BCUT2D eigenvalue weighted by Crippen LogP contribution is -2.22. The lowest BCUT2D eigenvalue weighted by Gasteiger charge is -2.10. The lowest BCUT2D eigenvalue weighted by atomic mass is 10.0. The molecule has 0 unspecified atom stereocenters. The molecule has 1 aliphatic carbocycles. The third-order valence-corrected chi connectivity index (χ3v) is 3.54. The molecule has 0 bridgehead atoms. The quantitative estimate of drug-likeness (QED) is 0.672. The Balaban J connectivity index is 2.20. The topological polar surface area (TPSA) is 26.0 Å². The number of nitrogens with two attached hydrogens (primary N) is 1. The summed E-state index contributed by atoms with van der Waals surface area (Å²) in [7, 11) is 0. The van der Waals surface area contributed by atoms with Gasteiger partial charge in [0.25, 0.3) is 0 Å². The van der Waals surface area contributed by atoms with Crippen LogP contribution in [0.25, 0.3) is 0 Å². The molecule has 0 saturated heterocycles. The van der Waals surface area contributed by atoms with Gasteiger partial charge in [0, 0.05) is 5.54 Å². The highest BCUT2D eigenvalue weighted by Gasteiger charge is 2.37. The Morgan fingerprint density at radius 1 is 1.19 bits per heavy atom. The molecule has 0 radical (unpaired) electrons. The van der Waals surface area contributed by atoms with Gasteiger partial charge in [-0.25, -0.2) is 13.2 Å². The maximum atomic E-state index is 13.4. The van der Waals surface area contributed by atoms with E-state index >= 15 is 0 Å². The van der Waals surface area contributed by atoms with Gasteiger partial charge in [0.2, 0.25) is 0 Å². The summed E-state index contributed by atoms with van der Waals surface area (Å²) >= 11 is 2.85. The number of hydrogen-bond donors (Lipinski definition) is 1. The molecule has 1 aromatic carbocycles. The van der Waals surface area contributed by atoms with E-state index in [9.17, 15) is 13.2 Å². The van der Waals surface area contributed by atoms with Crippen LogP contribution in [-0.4, -0.2) is 5.54 Å².